The molecule has 0 spiro atoms. The third-order valence-corrected chi connectivity index (χ3v) is 2.75. The molecule has 0 amide bonds. The van der Waals surface area contributed by atoms with Crippen LogP contribution < -0.4 is 17.1 Å². The SMILES string of the molecule is CC=CCn1c(=O)n(CC)c(=O)n(CC=CC)c1=O. The lowest BCUT2D eigenvalue weighted by Gasteiger charge is -2.10. The molecule has 0 unspecified atom stereocenters. The maximum atomic E-state index is 12.1. The van der Waals surface area contributed by atoms with Crippen molar-refractivity contribution in [3.05, 3.63) is 55.8 Å². The highest BCUT2D eigenvalue weighted by Gasteiger charge is 2.12. The Labute approximate surface area is 110 Å². The molecular formula is C13H19N3O3. The number of hydrogen-bond acceptors (Lipinski definition) is 3. The fourth-order valence-electron chi connectivity index (χ4n) is 1.69. The Kier molecular flexibility index (Phi) is 5.29. The highest BCUT2D eigenvalue weighted by Crippen LogP contribution is 1.81. The molecule has 0 saturated heterocycles. The van der Waals surface area contributed by atoms with Crippen LogP contribution in [0.1, 0.15) is 20.8 Å². The molecule has 0 saturated carbocycles. The van der Waals surface area contributed by atoms with Crippen molar-refractivity contribution in [2.45, 2.75) is 40.4 Å². The Hall–Kier alpha value is -2.11. The Morgan fingerprint density at radius 3 is 1.47 bits per heavy atom. The van der Waals surface area contributed by atoms with Gasteiger partial charge in [0.05, 0.1) is 13.1 Å². The molecule has 1 aromatic heterocycles. The lowest BCUT2D eigenvalue weighted by Crippen LogP contribution is -2.54. The van der Waals surface area contributed by atoms with Crippen LogP contribution in [0.5, 0.6) is 0 Å². The van der Waals surface area contributed by atoms with E-state index in [2.05, 4.69) is 0 Å². The van der Waals surface area contributed by atoms with Crippen molar-refractivity contribution in [2.24, 2.45) is 0 Å². The highest BCUT2D eigenvalue weighted by molar-refractivity contribution is 4.87. The Balaban J connectivity index is 3.60. The van der Waals surface area contributed by atoms with Crippen LogP contribution in [0.3, 0.4) is 0 Å². The summed E-state index contributed by atoms with van der Waals surface area (Å²) in [6.07, 6.45) is 6.91. The van der Waals surface area contributed by atoms with Gasteiger partial charge in [-0.15, -0.1) is 0 Å². The van der Waals surface area contributed by atoms with Crippen molar-refractivity contribution in [3.8, 4) is 0 Å². The van der Waals surface area contributed by atoms with Crippen molar-refractivity contribution < 1.29 is 0 Å². The van der Waals surface area contributed by atoms with Gasteiger partial charge in [0.15, 0.2) is 0 Å². The lowest BCUT2D eigenvalue weighted by atomic mass is 10.5. The molecule has 0 aliphatic carbocycles. The van der Waals surface area contributed by atoms with Crippen molar-refractivity contribution in [2.75, 3.05) is 0 Å². The zero-order valence-corrected chi connectivity index (χ0v) is 11.5. The first-order valence-electron chi connectivity index (χ1n) is 6.25. The minimum atomic E-state index is -0.573. The highest BCUT2D eigenvalue weighted by atomic mass is 16.2. The van der Waals surface area contributed by atoms with E-state index in [1.807, 2.05) is 0 Å². The number of rotatable bonds is 5. The molecular weight excluding hydrogens is 246 g/mol. The number of aromatic nitrogens is 3. The van der Waals surface area contributed by atoms with Crippen molar-refractivity contribution in [1.29, 1.82) is 0 Å². The molecule has 1 heterocycles. The Morgan fingerprint density at radius 1 is 0.789 bits per heavy atom. The summed E-state index contributed by atoms with van der Waals surface area (Å²) in [4.78, 5) is 36.2. The van der Waals surface area contributed by atoms with Crippen LogP contribution in [-0.2, 0) is 19.6 Å². The van der Waals surface area contributed by atoms with Gasteiger partial charge < -0.3 is 0 Å². The van der Waals surface area contributed by atoms with Crippen LogP contribution in [0.4, 0.5) is 0 Å². The second-order valence-corrected chi connectivity index (χ2v) is 3.95. The molecule has 0 atom stereocenters. The smallest absolute Gasteiger partial charge is 0.247 e. The monoisotopic (exact) mass is 265 g/mol. The van der Waals surface area contributed by atoms with E-state index in [-0.39, 0.29) is 19.6 Å². The summed E-state index contributed by atoms with van der Waals surface area (Å²) >= 11 is 0. The van der Waals surface area contributed by atoms with E-state index in [9.17, 15) is 14.4 Å². The number of hydrogen-bond donors (Lipinski definition) is 0. The van der Waals surface area contributed by atoms with Gasteiger partial charge in [-0.25, -0.2) is 28.1 Å². The van der Waals surface area contributed by atoms with Crippen molar-refractivity contribution >= 4 is 0 Å². The molecule has 0 N–H and O–H groups in total. The molecule has 6 nitrogen and oxygen atoms in total. The average Bonchev–Trinajstić information content (AvgIpc) is 2.39. The van der Waals surface area contributed by atoms with Gasteiger partial charge in [-0.05, 0) is 20.8 Å². The van der Waals surface area contributed by atoms with E-state index in [4.69, 9.17) is 0 Å². The summed E-state index contributed by atoms with van der Waals surface area (Å²) < 4.78 is 3.19. The van der Waals surface area contributed by atoms with Crippen LogP contribution in [-0.4, -0.2) is 13.7 Å². The summed E-state index contributed by atoms with van der Waals surface area (Å²) in [7, 11) is 0. The third-order valence-electron chi connectivity index (χ3n) is 2.75. The molecule has 0 aliphatic rings. The first kappa shape index (κ1) is 14.9. The number of nitrogens with zero attached hydrogens (tertiary/aromatic N) is 3. The fourth-order valence-corrected chi connectivity index (χ4v) is 1.69. The quantitative estimate of drug-likeness (QED) is 0.721. The minimum absolute atomic E-state index is 0.171. The van der Waals surface area contributed by atoms with Crippen LogP contribution in [0.25, 0.3) is 0 Å². The Bertz CT molecular complexity index is 607. The topological polar surface area (TPSA) is 66.0 Å². The maximum absolute atomic E-state index is 12.1. The van der Waals surface area contributed by atoms with Crippen LogP contribution in [0.2, 0.25) is 0 Å². The fraction of sp³-hybridized carbons (Fsp3) is 0.462. The Morgan fingerprint density at radius 2 is 1.16 bits per heavy atom. The summed E-state index contributed by atoms with van der Waals surface area (Å²) in [5.41, 5.74) is -1.70. The van der Waals surface area contributed by atoms with Gasteiger partial charge in [0, 0.05) is 6.54 Å². The predicted octanol–water partition coefficient (Wildman–Crippen LogP) is 0.344. The predicted molar refractivity (Wildman–Crippen MR) is 74.5 cm³/mol. The second kappa shape index (κ2) is 6.72. The van der Waals surface area contributed by atoms with Gasteiger partial charge in [-0.2, -0.15) is 0 Å². The molecule has 0 radical (unpaired) electrons. The largest absolute Gasteiger partial charge is 0.336 e. The molecule has 19 heavy (non-hydrogen) atoms. The second-order valence-electron chi connectivity index (χ2n) is 3.95. The molecule has 1 rings (SSSR count). The van der Waals surface area contributed by atoms with Gasteiger partial charge in [0.25, 0.3) is 0 Å². The zero-order valence-electron chi connectivity index (χ0n) is 11.5. The molecule has 0 aliphatic heterocycles. The van der Waals surface area contributed by atoms with Crippen molar-refractivity contribution in [3.63, 3.8) is 0 Å². The zero-order chi connectivity index (χ0) is 14.4. The number of allylic oxidation sites excluding steroid dienone is 4. The van der Waals surface area contributed by atoms with Gasteiger partial charge in [-0.1, -0.05) is 24.3 Å². The molecule has 1 aromatic rings. The van der Waals surface area contributed by atoms with Gasteiger partial charge >= 0.3 is 17.1 Å². The van der Waals surface area contributed by atoms with Crippen LogP contribution in [0.15, 0.2) is 38.7 Å². The van der Waals surface area contributed by atoms with E-state index in [1.165, 1.54) is 0 Å². The summed E-state index contributed by atoms with van der Waals surface area (Å²) in [6.45, 7) is 5.89. The van der Waals surface area contributed by atoms with E-state index in [0.29, 0.717) is 0 Å². The molecule has 0 fully saturated rings. The third kappa shape index (κ3) is 3.01. The first-order valence-corrected chi connectivity index (χ1v) is 6.25. The first-order chi connectivity index (χ1) is 9.08. The molecule has 6 heteroatoms. The van der Waals surface area contributed by atoms with E-state index in [0.717, 1.165) is 13.7 Å². The van der Waals surface area contributed by atoms with E-state index in [1.54, 1.807) is 45.1 Å². The molecule has 104 valence electrons. The molecule has 0 aromatic carbocycles. The van der Waals surface area contributed by atoms with E-state index < -0.39 is 17.1 Å². The summed E-state index contributed by atoms with van der Waals surface area (Å²) in [6, 6.07) is 0. The summed E-state index contributed by atoms with van der Waals surface area (Å²) in [5, 5.41) is 0. The van der Waals surface area contributed by atoms with Crippen LogP contribution >= 0.6 is 0 Å². The lowest BCUT2D eigenvalue weighted by molar-refractivity contribution is 0.490. The normalized spacial score (nSPS) is 11.7. The average molecular weight is 265 g/mol. The summed E-state index contributed by atoms with van der Waals surface area (Å²) in [5.74, 6) is 0. The minimum Gasteiger partial charge on any atom is -0.247 e. The van der Waals surface area contributed by atoms with Gasteiger partial charge in [0.1, 0.15) is 0 Å². The van der Waals surface area contributed by atoms with E-state index >= 15 is 0 Å². The van der Waals surface area contributed by atoms with Gasteiger partial charge in [0.2, 0.25) is 0 Å². The standard InChI is InChI=1S/C13H19N3O3/c1-4-7-9-15-11(17)14(6-3)12(18)16(13(15)19)10-8-5-2/h4-5,7-8H,6,9-10H2,1-3H3. The van der Waals surface area contributed by atoms with Crippen LogP contribution in [0, 0.1) is 0 Å². The van der Waals surface area contributed by atoms with Gasteiger partial charge in [-0.3, -0.25) is 0 Å². The van der Waals surface area contributed by atoms with Crippen molar-refractivity contribution in [1.82, 2.24) is 13.7 Å². The molecule has 0 bridgehead atoms. The maximum Gasteiger partial charge on any atom is 0.336 e.